The number of nitrogens with zero attached hydrogens (tertiary/aromatic N) is 7. The quantitative estimate of drug-likeness (QED) is 0.554. The lowest BCUT2D eigenvalue weighted by Gasteiger charge is -2.30. The van der Waals surface area contributed by atoms with Gasteiger partial charge >= 0.3 is 0 Å². The number of sulfonamides is 1. The van der Waals surface area contributed by atoms with Gasteiger partial charge in [0.05, 0.1) is 47.2 Å². The van der Waals surface area contributed by atoms with Crippen LogP contribution < -0.4 is 5.32 Å². The zero-order valence-electron chi connectivity index (χ0n) is 17.6. The molecule has 0 amide bonds. The number of nitriles is 1. The molecule has 1 aromatic carbocycles. The van der Waals surface area contributed by atoms with Crippen molar-refractivity contribution in [2.45, 2.75) is 18.9 Å². The molecule has 1 N–H and O–H groups in total. The minimum Gasteiger partial charge on any atom is -0.351 e. The maximum Gasteiger partial charge on any atom is 0.232 e. The fourth-order valence-electron chi connectivity index (χ4n) is 3.59. The van der Waals surface area contributed by atoms with E-state index in [2.05, 4.69) is 25.1 Å². The zero-order chi connectivity index (χ0) is 23.6. The van der Waals surface area contributed by atoms with E-state index in [0.29, 0.717) is 59.5 Å². The van der Waals surface area contributed by atoms with Gasteiger partial charge in [0.25, 0.3) is 0 Å². The van der Waals surface area contributed by atoms with Crippen molar-refractivity contribution >= 4 is 33.3 Å². The van der Waals surface area contributed by atoms with Gasteiger partial charge in [0.1, 0.15) is 5.69 Å². The molecule has 3 aromatic rings. The predicted octanol–water partition coefficient (Wildman–Crippen LogP) is 3.24. The van der Waals surface area contributed by atoms with E-state index < -0.39 is 10.0 Å². The molecule has 2 aromatic heterocycles. The summed E-state index contributed by atoms with van der Waals surface area (Å²) in [7, 11) is -3.20. The summed E-state index contributed by atoms with van der Waals surface area (Å²) in [5.41, 5.74) is 2.19. The highest BCUT2D eigenvalue weighted by Crippen LogP contribution is 2.30. The molecule has 1 saturated heterocycles. The van der Waals surface area contributed by atoms with E-state index in [1.54, 1.807) is 35.3 Å². The van der Waals surface area contributed by atoms with Crippen LogP contribution in [0.1, 0.15) is 18.4 Å². The van der Waals surface area contributed by atoms with E-state index in [1.807, 2.05) is 6.07 Å². The standard InChI is InChI=1S/C21H19ClN8O2S/c1-24-17-11-25-21(27-15-5-7-30(8-6-15)33(2,31)32)28-20(17)18-12-29(13-26-18)19-4-3-14(10-23)9-16(19)22/h3-4,9,11-13,15H,5-8H2,2H3,(H,25,27,28). The molecule has 10 nitrogen and oxygen atoms in total. The molecule has 0 atom stereocenters. The maximum atomic E-state index is 11.7. The van der Waals surface area contributed by atoms with E-state index in [1.165, 1.54) is 16.8 Å². The Morgan fingerprint density at radius 3 is 2.70 bits per heavy atom. The summed E-state index contributed by atoms with van der Waals surface area (Å²) >= 11 is 6.30. The van der Waals surface area contributed by atoms with Crippen molar-refractivity contribution in [2.24, 2.45) is 0 Å². The van der Waals surface area contributed by atoms with Crippen molar-refractivity contribution in [1.82, 2.24) is 23.8 Å². The number of piperidine rings is 1. The van der Waals surface area contributed by atoms with Crippen molar-refractivity contribution in [2.75, 3.05) is 24.7 Å². The third kappa shape index (κ3) is 4.96. The first-order valence-corrected chi connectivity index (χ1v) is 12.2. The molecule has 1 aliphatic rings. The van der Waals surface area contributed by atoms with Crippen LogP contribution in [0, 0.1) is 17.9 Å². The molecule has 0 bridgehead atoms. The number of aromatic nitrogens is 4. The lowest BCUT2D eigenvalue weighted by molar-refractivity contribution is 0.331. The van der Waals surface area contributed by atoms with Gasteiger partial charge in [-0.3, -0.25) is 0 Å². The van der Waals surface area contributed by atoms with Crippen molar-refractivity contribution in [3.63, 3.8) is 0 Å². The van der Waals surface area contributed by atoms with Crippen LogP contribution in [-0.4, -0.2) is 57.6 Å². The van der Waals surface area contributed by atoms with Crippen LogP contribution in [0.25, 0.3) is 21.9 Å². The second kappa shape index (κ2) is 9.16. The highest BCUT2D eigenvalue weighted by atomic mass is 35.5. The van der Waals surface area contributed by atoms with Crippen LogP contribution in [0.3, 0.4) is 0 Å². The van der Waals surface area contributed by atoms with Crippen LogP contribution in [0.5, 0.6) is 0 Å². The highest BCUT2D eigenvalue weighted by Gasteiger charge is 2.25. The molecule has 12 heteroatoms. The second-order valence-corrected chi connectivity index (χ2v) is 9.95. The number of hydrogen-bond donors (Lipinski definition) is 1. The van der Waals surface area contributed by atoms with Gasteiger partial charge in [-0.25, -0.2) is 32.5 Å². The minimum absolute atomic E-state index is 0.0182. The van der Waals surface area contributed by atoms with E-state index in [-0.39, 0.29) is 11.7 Å². The van der Waals surface area contributed by atoms with Gasteiger partial charge in [-0.15, -0.1) is 0 Å². The van der Waals surface area contributed by atoms with E-state index in [4.69, 9.17) is 23.4 Å². The van der Waals surface area contributed by atoms with Gasteiger partial charge in [0.15, 0.2) is 0 Å². The lowest BCUT2D eigenvalue weighted by atomic mass is 10.1. The Kier molecular flexibility index (Phi) is 6.29. The SMILES string of the molecule is [C-]#[N+]c1cnc(NC2CCN(S(C)(=O)=O)CC2)nc1-c1cn(-c2ccc(C#N)cc2Cl)cn1. The summed E-state index contributed by atoms with van der Waals surface area (Å²) in [4.78, 5) is 16.6. The van der Waals surface area contributed by atoms with Crippen LogP contribution in [0.4, 0.5) is 11.6 Å². The first-order valence-electron chi connectivity index (χ1n) is 9.99. The monoisotopic (exact) mass is 482 g/mol. The maximum absolute atomic E-state index is 11.7. The number of anilines is 1. The molecule has 0 saturated carbocycles. The normalized spacial score (nSPS) is 15.0. The summed E-state index contributed by atoms with van der Waals surface area (Å²) in [6, 6.07) is 7.01. The van der Waals surface area contributed by atoms with Crippen molar-refractivity contribution in [3.8, 4) is 23.1 Å². The van der Waals surface area contributed by atoms with Crippen molar-refractivity contribution in [3.05, 3.63) is 58.9 Å². The van der Waals surface area contributed by atoms with Gasteiger partial charge in [-0.2, -0.15) is 5.26 Å². The van der Waals surface area contributed by atoms with Gasteiger partial charge in [0.2, 0.25) is 21.7 Å². The molecule has 3 heterocycles. The fourth-order valence-corrected chi connectivity index (χ4v) is 4.74. The minimum atomic E-state index is -3.20. The first kappa shape index (κ1) is 22.7. The van der Waals surface area contributed by atoms with Gasteiger partial charge < -0.3 is 9.88 Å². The van der Waals surface area contributed by atoms with Crippen LogP contribution in [-0.2, 0) is 10.0 Å². The third-order valence-corrected chi connectivity index (χ3v) is 6.93. The van der Waals surface area contributed by atoms with Crippen LogP contribution >= 0.6 is 11.6 Å². The smallest absolute Gasteiger partial charge is 0.232 e. The van der Waals surface area contributed by atoms with Crippen molar-refractivity contribution < 1.29 is 8.42 Å². The van der Waals surface area contributed by atoms with E-state index >= 15 is 0 Å². The first-order chi connectivity index (χ1) is 15.8. The third-order valence-electron chi connectivity index (χ3n) is 5.33. The average molecular weight is 483 g/mol. The Hall–Kier alpha value is -3.51. The largest absolute Gasteiger partial charge is 0.351 e. The zero-order valence-corrected chi connectivity index (χ0v) is 19.2. The Bertz CT molecular complexity index is 1380. The summed E-state index contributed by atoms with van der Waals surface area (Å²) < 4.78 is 26.6. The van der Waals surface area contributed by atoms with Gasteiger partial charge in [-0.1, -0.05) is 11.6 Å². The summed E-state index contributed by atoms with van der Waals surface area (Å²) in [5.74, 6) is 0.348. The summed E-state index contributed by atoms with van der Waals surface area (Å²) in [6.45, 7) is 8.32. The molecule has 4 rings (SSSR count). The molecular weight excluding hydrogens is 464 g/mol. The Balaban J connectivity index is 1.56. The molecule has 0 spiro atoms. The molecular formula is C21H19ClN8O2S. The number of halogens is 1. The van der Waals surface area contributed by atoms with Crippen LogP contribution in [0.2, 0.25) is 5.02 Å². The summed E-state index contributed by atoms with van der Waals surface area (Å²) in [5, 5.41) is 12.7. The molecule has 0 unspecified atom stereocenters. The summed E-state index contributed by atoms with van der Waals surface area (Å²) in [6.07, 6.45) is 7.18. The molecule has 1 aliphatic heterocycles. The number of rotatable bonds is 5. The predicted molar refractivity (Wildman–Crippen MR) is 124 cm³/mol. The Labute approximate surface area is 196 Å². The lowest BCUT2D eigenvalue weighted by Crippen LogP contribution is -2.42. The van der Waals surface area contributed by atoms with Gasteiger partial charge in [-0.05, 0) is 31.0 Å². The highest BCUT2D eigenvalue weighted by molar-refractivity contribution is 7.88. The molecule has 1 fully saturated rings. The number of imidazole rings is 1. The molecule has 0 aliphatic carbocycles. The van der Waals surface area contributed by atoms with Gasteiger partial charge in [0, 0.05) is 31.5 Å². The number of benzene rings is 1. The molecule has 33 heavy (non-hydrogen) atoms. The topological polar surface area (TPSA) is 121 Å². The Morgan fingerprint density at radius 1 is 1.30 bits per heavy atom. The second-order valence-electron chi connectivity index (χ2n) is 7.56. The fraction of sp³-hybridized carbons (Fsp3) is 0.286. The number of nitrogens with one attached hydrogen (secondary N) is 1. The van der Waals surface area contributed by atoms with Crippen molar-refractivity contribution in [1.29, 1.82) is 5.26 Å². The molecule has 168 valence electrons. The number of hydrogen-bond acceptors (Lipinski definition) is 7. The Morgan fingerprint density at radius 2 is 2.06 bits per heavy atom. The van der Waals surface area contributed by atoms with Crippen LogP contribution in [0.15, 0.2) is 36.9 Å². The van der Waals surface area contributed by atoms with E-state index in [0.717, 1.165) is 0 Å². The van der Waals surface area contributed by atoms with E-state index in [9.17, 15) is 8.42 Å². The molecule has 0 radical (unpaired) electrons. The average Bonchev–Trinajstić information content (AvgIpc) is 3.28.